The Morgan fingerprint density at radius 3 is 2.42 bits per heavy atom. The molecule has 0 radical (unpaired) electrons. The summed E-state index contributed by atoms with van der Waals surface area (Å²) >= 11 is 6.26. The molecule has 0 bridgehead atoms. The van der Waals surface area contributed by atoms with Gasteiger partial charge in [0.05, 0.1) is 17.0 Å². The SMILES string of the molecule is Cc1cc2oc3c(c(=O)c2cc1Cl)[C@H](c1ccc(C(C)(C)C)cc1)N(CCCO)C3=O. The maximum absolute atomic E-state index is 13.5. The molecule has 1 aliphatic rings. The highest BCUT2D eigenvalue weighted by Gasteiger charge is 2.42. The van der Waals surface area contributed by atoms with Crippen LogP contribution in [0, 0.1) is 6.92 Å². The molecular formula is C25H26ClNO4. The Bertz CT molecular complexity index is 1220. The Morgan fingerprint density at radius 1 is 1.13 bits per heavy atom. The van der Waals surface area contributed by atoms with E-state index in [9.17, 15) is 14.7 Å². The van der Waals surface area contributed by atoms with E-state index in [1.54, 1.807) is 17.0 Å². The predicted octanol–water partition coefficient (Wildman–Crippen LogP) is 4.98. The summed E-state index contributed by atoms with van der Waals surface area (Å²) in [5, 5.41) is 10.2. The summed E-state index contributed by atoms with van der Waals surface area (Å²) < 4.78 is 5.96. The molecule has 0 fully saturated rings. The molecule has 31 heavy (non-hydrogen) atoms. The number of aryl methyl sites for hydroxylation is 1. The predicted molar refractivity (Wildman–Crippen MR) is 122 cm³/mol. The van der Waals surface area contributed by atoms with Crippen LogP contribution in [-0.2, 0) is 5.41 Å². The van der Waals surface area contributed by atoms with E-state index in [1.807, 2.05) is 31.2 Å². The fourth-order valence-corrected chi connectivity index (χ4v) is 4.29. The Balaban J connectivity index is 1.93. The number of carbonyl (C=O) groups is 1. The second kappa shape index (κ2) is 7.81. The largest absolute Gasteiger partial charge is 0.450 e. The van der Waals surface area contributed by atoms with E-state index in [0.717, 1.165) is 16.7 Å². The topological polar surface area (TPSA) is 70.8 Å². The zero-order valence-corrected chi connectivity index (χ0v) is 18.9. The highest BCUT2D eigenvalue weighted by molar-refractivity contribution is 6.32. The molecule has 0 saturated heterocycles. The van der Waals surface area contributed by atoms with Gasteiger partial charge in [-0.2, -0.15) is 0 Å². The van der Waals surface area contributed by atoms with Crippen molar-refractivity contribution in [3.8, 4) is 0 Å². The molecule has 2 aromatic carbocycles. The fourth-order valence-electron chi connectivity index (χ4n) is 4.12. The van der Waals surface area contributed by atoms with Crippen LogP contribution in [0.15, 0.2) is 45.6 Å². The van der Waals surface area contributed by atoms with Crippen molar-refractivity contribution < 1.29 is 14.3 Å². The van der Waals surface area contributed by atoms with Crippen molar-refractivity contribution in [3.05, 3.63) is 79.7 Å². The van der Waals surface area contributed by atoms with Crippen LogP contribution < -0.4 is 5.43 Å². The lowest BCUT2D eigenvalue weighted by Crippen LogP contribution is -2.31. The van der Waals surface area contributed by atoms with Gasteiger partial charge in [0, 0.05) is 18.2 Å². The van der Waals surface area contributed by atoms with Crippen molar-refractivity contribution in [2.75, 3.05) is 13.2 Å². The molecule has 0 saturated carbocycles. The summed E-state index contributed by atoms with van der Waals surface area (Å²) in [5.74, 6) is -0.262. The van der Waals surface area contributed by atoms with Crippen LogP contribution >= 0.6 is 11.6 Å². The molecule has 1 atom stereocenters. The summed E-state index contributed by atoms with van der Waals surface area (Å²) in [5.41, 5.74) is 3.20. The Morgan fingerprint density at radius 2 is 1.81 bits per heavy atom. The maximum atomic E-state index is 13.5. The van der Waals surface area contributed by atoms with Crippen molar-refractivity contribution in [1.82, 2.24) is 4.90 Å². The van der Waals surface area contributed by atoms with Crippen LogP contribution in [0.4, 0.5) is 0 Å². The van der Waals surface area contributed by atoms with Gasteiger partial charge < -0.3 is 14.4 Å². The summed E-state index contributed by atoms with van der Waals surface area (Å²) in [7, 11) is 0. The molecule has 0 unspecified atom stereocenters. The lowest BCUT2D eigenvalue weighted by molar-refractivity contribution is 0.0716. The first-order chi connectivity index (χ1) is 14.6. The summed E-state index contributed by atoms with van der Waals surface area (Å²) in [6.07, 6.45) is 0.412. The second-order valence-corrected chi connectivity index (χ2v) is 9.53. The van der Waals surface area contributed by atoms with Gasteiger partial charge in [-0.05, 0) is 47.6 Å². The van der Waals surface area contributed by atoms with E-state index in [1.165, 1.54) is 0 Å². The molecular weight excluding hydrogens is 414 g/mol. The molecule has 6 heteroatoms. The number of fused-ring (bicyclic) bond motifs is 2. The normalized spacial score (nSPS) is 16.3. The molecule has 1 N–H and O–H groups in total. The Labute approximate surface area is 186 Å². The fraction of sp³-hybridized carbons (Fsp3) is 0.360. The molecule has 162 valence electrons. The van der Waals surface area contributed by atoms with Gasteiger partial charge in [0.1, 0.15) is 5.58 Å². The van der Waals surface area contributed by atoms with Crippen molar-refractivity contribution in [2.45, 2.75) is 45.6 Å². The van der Waals surface area contributed by atoms with Crippen molar-refractivity contribution in [3.63, 3.8) is 0 Å². The third-order valence-electron chi connectivity index (χ3n) is 5.90. The van der Waals surface area contributed by atoms with Gasteiger partial charge in [0.15, 0.2) is 5.43 Å². The minimum Gasteiger partial charge on any atom is -0.450 e. The number of aliphatic hydroxyl groups is 1. The third kappa shape index (κ3) is 3.66. The number of hydrogen-bond acceptors (Lipinski definition) is 4. The first kappa shape index (κ1) is 21.6. The average molecular weight is 440 g/mol. The lowest BCUT2D eigenvalue weighted by Gasteiger charge is -2.26. The van der Waals surface area contributed by atoms with E-state index in [-0.39, 0.29) is 29.1 Å². The molecule has 0 spiro atoms. The van der Waals surface area contributed by atoms with Gasteiger partial charge in [-0.1, -0.05) is 56.6 Å². The zero-order chi connectivity index (χ0) is 22.5. The van der Waals surface area contributed by atoms with Gasteiger partial charge in [-0.25, -0.2) is 0 Å². The van der Waals surface area contributed by atoms with Crippen LogP contribution in [0.1, 0.15) is 66.0 Å². The molecule has 5 nitrogen and oxygen atoms in total. The van der Waals surface area contributed by atoms with E-state index < -0.39 is 6.04 Å². The Hall–Kier alpha value is -2.63. The number of amides is 1. The van der Waals surface area contributed by atoms with Crippen LogP contribution in [0.25, 0.3) is 11.0 Å². The summed E-state index contributed by atoms with van der Waals surface area (Å²) in [6.45, 7) is 8.50. The smallest absolute Gasteiger partial charge is 0.290 e. The quantitative estimate of drug-likeness (QED) is 0.622. The van der Waals surface area contributed by atoms with E-state index in [0.29, 0.717) is 34.5 Å². The van der Waals surface area contributed by atoms with Crippen LogP contribution in [0.5, 0.6) is 0 Å². The van der Waals surface area contributed by atoms with Gasteiger partial charge in [-0.15, -0.1) is 0 Å². The number of aliphatic hydroxyl groups excluding tert-OH is 1. The number of hydrogen-bond donors (Lipinski definition) is 1. The second-order valence-electron chi connectivity index (χ2n) is 9.12. The van der Waals surface area contributed by atoms with Crippen LogP contribution in [-0.4, -0.2) is 29.1 Å². The number of benzene rings is 2. The van der Waals surface area contributed by atoms with Crippen molar-refractivity contribution >= 4 is 28.5 Å². The van der Waals surface area contributed by atoms with Gasteiger partial charge >= 0.3 is 0 Å². The van der Waals surface area contributed by atoms with Crippen LogP contribution in [0.3, 0.4) is 0 Å². The summed E-state index contributed by atoms with van der Waals surface area (Å²) in [4.78, 5) is 28.4. The third-order valence-corrected chi connectivity index (χ3v) is 6.30. The lowest BCUT2D eigenvalue weighted by atomic mass is 9.86. The molecule has 2 heterocycles. The van der Waals surface area contributed by atoms with Gasteiger partial charge in [-0.3, -0.25) is 9.59 Å². The highest BCUT2D eigenvalue weighted by Crippen LogP contribution is 2.39. The monoisotopic (exact) mass is 439 g/mol. The molecule has 4 rings (SSSR count). The van der Waals surface area contributed by atoms with E-state index in [4.69, 9.17) is 16.0 Å². The molecule has 1 aromatic heterocycles. The molecule has 0 aliphatic carbocycles. The van der Waals surface area contributed by atoms with Gasteiger partial charge in [0.25, 0.3) is 5.91 Å². The first-order valence-electron chi connectivity index (χ1n) is 10.4. The Kier molecular flexibility index (Phi) is 5.44. The van der Waals surface area contributed by atoms with Crippen molar-refractivity contribution in [2.24, 2.45) is 0 Å². The first-order valence-corrected chi connectivity index (χ1v) is 10.8. The number of halogens is 1. The number of carbonyl (C=O) groups excluding carboxylic acids is 1. The molecule has 1 aliphatic heterocycles. The highest BCUT2D eigenvalue weighted by atomic mass is 35.5. The summed E-state index contributed by atoms with van der Waals surface area (Å²) in [6, 6.07) is 10.7. The number of nitrogens with zero attached hydrogens (tertiary/aromatic N) is 1. The van der Waals surface area contributed by atoms with Crippen LogP contribution in [0.2, 0.25) is 5.02 Å². The molecule has 1 amide bonds. The minimum atomic E-state index is -0.566. The zero-order valence-electron chi connectivity index (χ0n) is 18.2. The number of rotatable bonds is 4. The average Bonchev–Trinajstić information content (AvgIpc) is 2.99. The maximum Gasteiger partial charge on any atom is 0.290 e. The standard InChI is InChI=1S/C25H26ClNO4/c1-14-12-19-17(13-18(14)26)22(29)20-21(15-6-8-16(9-7-15)25(2,3)4)27(10-5-11-28)24(30)23(20)31-19/h6-9,12-13,21,28H,5,10-11H2,1-4H3/t21-/m0/s1. The van der Waals surface area contributed by atoms with Crippen molar-refractivity contribution in [1.29, 1.82) is 0 Å². The van der Waals surface area contributed by atoms with E-state index in [2.05, 4.69) is 20.8 Å². The minimum absolute atomic E-state index is 0.0116. The van der Waals surface area contributed by atoms with Gasteiger partial charge in [0.2, 0.25) is 5.76 Å². The van der Waals surface area contributed by atoms with E-state index >= 15 is 0 Å². The molecule has 3 aromatic rings.